The highest BCUT2D eigenvalue weighted by molar-refractivity contribution is 5.97. The fourth-order valence-electron chi connectivity index (χ4n) is 3.74. The molecule has 2 fully saturated rings. The monoisotopic (exact) mass is 316 g/mol. The van der Waals surface area contributed by atoms with E-state index in [1.165, 1.54) is 0 Å². The van der Waals surface area contributed by atoms with Crippen LogP contribution in [0.4, 0.5) is 0 Å². The highest BCUT2D eigenvalue weighted by Gasteiger charge is 2.39. The first-order chi connectivity index (χ1) is 10.9. The molecule has 23 heavy (non-hydrogen) atoms. The first-order valence-electron chi connectivity index (χ1n) is 8.10. The lowest BCUT2D eigenvalue weighted by Crippen LogP contribution is -2.45. The Hall–Kier alpha value is -1.88. The van der Waals surface area contributed by atoms with Crippen LogP contribution in [0, 0.1) is 26.7 Å². The van der Waals surface area contributed by atoms with Crippen LogP contribution >= 0.6 is 0 Å². The number of benzene rings is 1. The second-order valence-corrected chi connectivity index (χ2v) is 6.82. The minimum Gasteiger partial charge on any atom is -0.378 e. The number of amides is 2. The van der Waals surface area contributed by atoms with Crippen molar-refractivity contribution < 1.29 is 14.3 Å². The minimum absolute atomic E-state index is 0.0278. The van der Waals surface area contributed by atoms with Gasteiger partial charge in [0.15, 0.2) is 0 Å². The molecule has 5 nitrogen and oxygen atoms in total. The van der Waals surface area contributed by atoms with Gasteiger partial charge in [0.25, 0.3) is 5.91 Å². The first kappa shape index (κ1) is 16.0. The third kappa shape index (κ3) is 2.85. The van der Waals surface area contributed by atoms with Crippen LogP contribution < -0.4 is 0 Å². The van der Waals surface area contributed by atoms with Crippen LogP contribution in [0.2, 0.25) is 0 Å². The molecule has 2 aliphatic rings. The lowest BCUT2D eigenvalue weighted by molar-refractivity contribution is -0.133. The Morgan fingerprint density at radius 2 is 1.78 bits per heavy atom. The lowest BCUT2D eigenvalue weighted by atomic mass is 9.98. The average Bonchev–Trinajstić information content (AvgIpc) is 2.63. The molecule has 0 saturated carbocycles. The summed E-state index contributed by atoms with van der Waals surface area (Å²) >= 11 is 0. The molecule has 1 aromatic carbocycles. The number of carbonyl (C=O) groups excluding carboxylic acids is 2. The Labute approximate surface area is 137 Å². The van der Waals surface area contributed by atoms with Crippen molar-refractivity contribution >= 4 is 11.8 Å². The number of fused-ring (bicyclic) bond motifs is 3. The second kappa shape index (κ2) is 5.96. The van der Waals surface area contributed by atoms with Crippen molar-refractivity contribution in [2.24, 2.45) is 5.92 Å². The molecule has 2 amide bonds. The molecule has 0 unspecified atom stereocenters. The fraction of sp³-hybridized carbons (Fsp3) is 0.556. The van der Waals surface area contributed by atoms with Crippen molar-refractivity contribution in [1.82, 2.24) is 9.80 Å². The number of nitrogens with zero attached hydrogens (tertiary/aromatic N) is 2. The molecule has 2 atom stereocenters. The molecule has 0 radical (unpaired) electrons. The topological polar surface area (TPSA) is 49.9 Å². The zero-order valence-electron chi connectivity index (χ0n) is 14.3. The van der Waals surface area contributed by atoms with Crippen molar-refractivity contribution in [1.29, 1.82) is 0 Å². The molecule has 0 N–H and O–H groups in total. The maximum absolute atomic E-state index is 13.1. The normalized spacial score (nSPS) is 24.6. The number of likely N-dealkylation sites (N-methyl/N-ethyl adjacent to an activating group) is 1. The van der Waals surface area contributed by atoms with Crippen LogP contribution in [-0.4, -0.2) is 61.0 Å². The predicted octanol–water partition coefficient (Wildman–Crippen LogP) is 1.54. The molecule has 2 heterocycles. The van der Waals surface area contributed by atoms with Crippen LogP contribution in [0.5, 0.6) is 0 Å². The summed E-state index contributed by atoms with van der Waals surface area (Å²) in [7, 11) is 1.81. The van der Waals surface area contributed by atoms with E-state index in [9.17, 15) is 9.59 Å². The van der Waals surface area contributed by atoms with Gasteiger partial charge in [0.1, 0.15) is 0 Å². The van der Waals surface area contributed by atoms with Crippen LogP contribution in [0.25, 0.3) is 0 Å². The van der Waals surface area contributed by atoms with Gasteiger partial charge in [-0.2, -0.15) is 0 Å². The summed E-state index contributed by atoms with van der Waals surface area (Å²) in [6.45, 7) is 7.85. The number of hydrogen-bond acceptors (Lipinski definition) is 3. The van der Waals surface area contributed by atoms with Crippen LogP contribution in [0.15, 0.2) is 12.1 Å². The molecule has 124 valence electrons. The molecule has 2 saturated heterocycles. The highest BCUT2D eigenvalue weighted by atomic mass is 16.5. The summed E-state index contributed by atoms with van der Waals surface area (Å²) in [5.41, 5.74) is 3.93. The standard InChI is InChI=1S/C18H24N2O3/c1-11-5-12(2)16(13(3)6-11)18(22)20-7-14-9-23-10-15(8-20)19(4)17(14)21/h5-6,14-15H,7-10H2,1-4H3/t14-,15+/m1/s1. The van der Waals surface area contributed by atoms with E-state index in [1.54, 1.807) is 4.90 Å². The van der Waals surface area contributed by atoms with Gasteiger partial charge in [-0.05, 0) is 31.9 Å². The van der Waals surface area contributed by atoms with Crippen molar-refractivity contribution in [3.05, 3.63) is 34.4 Å². The SMILES string of the molecule is Cc1cc(C)c(C(=O)N2C[C@@H]3COC[C@H](C2)N(C)C3=O)c(C)c1. The molecule has 3 rings (SSSR count). The van der Waals surface area contributed by atoms with E-state index in [1.807, 2.05) is 44.9 Å². The fourth-order valence-corrected chi connectivity index (χ4v) is 3.74. The van der Waals surface area contributed by atoms with Crippen LogP contribution in [0.3, 0.4) is 0 Å². The summed E-state index contributed by atoms with van der Waals surface area (Å²) in [6, 6.07) is 4.02. The largest absolute Gasteiger partial charge is 0.378 e. The van der Waals surface area contributed by atoms with E-state index < -0.39 is 0 Å². The third-order valence-corrected chi connectivity index (χ3v) is 4.92. The molecule has 0 aromatic heterocycles. The zero-order chi connectivity index (χ0) is 16.7. The van der Waals surface area contributed by atoms with E-state index in [0.29, 0.717) is 26.3 Å². The molecular formula is C18H24N2O3. The van der Waals surface area contributed by atoms with Crippen molar-refractivity contribution in [3.63, 3.8) is 0 Å². The molecule has 0 spiro atoms. The second-order valence-electron chi connectivity index (χ2n) is 6.82. The van der Waals surface area contributed by atoms with Gasteiger partial charge in [-0.25, -0.2) is 0 Å². The molecule has 0 aliphatic carbocycles. The van der Waals surface area contributed by atoms with Gasteiger partial charge in [0, 0.05) is 25.7 Å². The Morgan fingerprint density at radius 3 is 2.43 bits per heavy atom. The number of aryl methyl sites for hydroxylation is 3. The summed E-state index contributed by atoms with van der Waals surface area (Å²) in [6.07, 6.45) is 0. The zero-order valence-corrected chi connectivity index (χ0v) is 14.3. The van der Waals surface area contributed by atoms with Gasteiger partial charge in [-0.1, -0.05) is 17.7 Å². The Kier molecular flexibility index (Phi) is 4.15. The predicted molar refractivity (Wildman–Crippen MR) is 87.4 cm³/mol. The Morgan fingerprint density at radius 1 is 1.13 bits per heavy atom. The van der Waals surface area contributed by atoms with E-state index >= 15 is 0 Å². The first-order valence-corrected chi connectivity index (χ1v) is 8.10. The van der Waals surface area contributed by atoms with E-state index in [4.69, 9.17) is 4.74 Å². The van der Waals surface area contributed by atoms with Crippen molar-refractivity contribution in [3.8, 4) is 0 Å². The maximum Gasteiger partial charge on any atom is 0.254 e. The number of hydrogen-bond donors (Lipinski definition) is 0. The van der Waals surface area contributed by atoms with Gasteiger partial charge >= 0.3 is 0 Å². The van der Waals surface area contributed by atoms with Crippen molar-refractivity contribution in [2.45, 2.75) is 26.8 Å². The third-order valence-electron chi connectivity index (χ3n) is 4.92. The lowest BCUT2D eigenvalue weighted by Gasteiger charge is -2.30. The number of rotatable bonds is 1. The molecular weight excluding hydrogens is 292 g/mol. The highest BCUT2D eigenvalue weighted by Crippen LogP contribution is 2.24. The summed E-state index contributed by atoms with van der Waals surface area (Å²) in [5, 5.41) is 0. The molecule has 5 heteroatoms. The van der Waals surface area contributed by atoms with Gasteiger partial charge in [-0.15, -0.1) is 0 Å². The van der Waals surface area contributed by atoms with E-state index in [2.05, 4.69) is 0 Å². The minimum atomic E-state index is -0.262. The summed E-state index contributed by atoms with van der Waals surface area (Å²) in [5.74, 6) is -0.150. The van der Waals surface area contributed by atoms with Crippen LogP contribution in [0.1, 0.15) is 27.0 Å². The van der Waals surface area contributed by atoms with Gasteiger partial charge in [0.05, 0.1) is 25.2 Å². The van der Waals surface area contributed by atoms with Gasteiger partial charge in [0.2, 0.25) is 5.91 Å². The van der Waals surface area contributed by atoms with E-state index in [-0.39, 0.29) is 23.8 Å². The quantitative estimate of drug-likeness (QED) is 0.790. The summed E-state index contributed by atoms with van der Waals surface area (Å²) in [4.78, 5) is 29.1. The molecule has 2 bridgehead atoms. The maximum atomic E-state index is 13.1. The van der Waals surface area contributed by atoms with Crippen molar-refractivity contribution in [2.75, 3.05) is 33.4 Å². The number of ether oxygens (including phenoxy) is 1. The average molecular weight is 316 g/mol. The Bertz CT molecular complexity index is 633. The molecule has 2 aliphatic heterocycles. The number of carbonyl (C=O) groups is 2. The van der Waals surface area contributed by atoms with E-state index in [0.717, 1.165) is 22.3 Å². The Balaban J connectivity index is 1.93. The smallest absolute Gasteiger partial charge is 0.254 e. The summed E-state index contributed by atoms with van der Waals surface area (Å²) < 4.78 is 5.60. The molecule has 1 aromatic rings. The van der Waals surface area contributed by atoms with Gasteiger partial charge < -0.3 is 14.5 Å². The van der Waals surface area contributed by atoms with Crippen LogP contribution in [-0.2, 0) is 9.53 Å². The van der Waals surface area contributed by atoms with Gasteiger partial charge in [-0.3, -0.25) is 9.59 Å².